The third kappa shape index (κ3) is 2.54. The van der Waals surface area contributed by atoms with E-state index in [2.05, 4.69) is 10.1 Å². The molecule has 1 unspecified atom stereocenters. The summed E-state index contributed by atoms with van der Waals surface area (Å²) in [4.78, 5) is 26.4. The molecule has 114 valence electrons. The van der Waals surface area contributed by atoms with Gasteiger partial charge in [0, 0.05) is 30.7 Å². The van der Waals surface area contributed by atoms with Gasteiger partial charge < -0.3 is 4.74 Å². The molecule has 8 heteroatoms. The zero-order chi connectivity index (χ0) is 15.7. The van der Waals surface area contributed by atoms with E-state index < -0.39 is 4.92 Å². The molecule has 3 rings (SSSR count). The minimum atomic E-state index is -0.452. The van der Waals surface area contributed by atoms with Crippen LogP contribution in [-0.4, -0.2) is 32.8 Å². The van der Waals surface area contributed by atoms with E-state index in [4.69, 9.17) is 4.74 Å². The lowest BCUT2D eigenvalue weighted by Crippen LogP contribution is -2.27. The van der Waals surface area contributed by atoms with Crippen molar-refractivity contribution in [3.8, 4) is 11.4 Å². The number of nitrogens with zero attached hydrogens (tertiary/aromatic N) is 4. The second-order valence-electron chi connectivity index (χ2n) is 5.10. The predicted octanol–water partition coefficient (Wildman–Crippen LogP) is 1.59. The predicted molar refractivity (Wildman–Crippen MR) is 75.9 cm³/mol. The fourth-order valence-electron chi connectivity index (χ4n) is 2.55. The Morgan fingerprint density at radius 3 is 3.05 bits per heavy atom. The highest BCUT2D eigenvalue weighted by molar-refractivity contribution is 5.72. The molecule has 0 bridgehead atoms. The molecule has 1 aliphatic heterocycles. The zero-order valence-electron chi connectivity index (χ0n) is 11.9. The summed E-state index contributed by atoms with van der Waals surface area (Å²) in [5.74, 6) is 0.679. The maximum absolute atomic E-state index is 11.6. The van der Waals surface area contributed by atoms with Crippen molar-refractivity contribution in [1.82, 2.24) is 14.8 Å². The molecule has 2 aromatic rings. The fourth-order valence-corrected chi connectivity index (χ4v) is 2.55. The number of aromatic nitrogens is 3. The highest BCUT2D eigenvalue weighted by atomic mass is 16.6. The van der Waals surface area contributed by atoms with Crippen LogP contribution in [0.2, 0.25) is 0 Å². The molecule has 0 N–H and O–H groups in total. The maximum Gasteiger partial charge on any atom is 0.309 e. The summed E-state index contributed by atoms with van der Waals surface area (Å²) in [6.45, 7) is 0.580. The molecule has 0 spiro atoms. The molecule has 1 aromatic heterocycles. The Bertz CT molecular complexity index is 740. The van der Waals surface area contributed by atoms with Crippen molar-refractivity contribution in [3.63, 3.8) is 0 Å². The van der Waals surface area contributed by atoms with Crippen molar-refractivity contribution in [3.05, 3.63) is 40.2 Å². The largest absolute Gasteiger partial charge is 0.469 e. The van der Waals surface area contributed by atoms with Gasteiger partial charge in [0.25, 0.3) is 5.69 Å². The van der Waals surface area contributed by atoms with Crippen LogP contribution >= 0.6 is 0 Å². The van der Waals surface area contributed by atoms with Crippen LogP contribution < -0.4 is 0 Å². The third-order valence-corrected chi connectivity index (χ3v) is 3.72. The van der Waals surface area contributed by atoms with Crippen molar-refractivity contribution < 1.29 is 14.5 Å². The molecule has 1 aliphatic rings. The quantitative estimate of drug-likeness (QED) is 0.485. The van der Waals surface area contributed by atoms with Crippen LogP contribution in [0.3, 0.4) is 0 Å². The van der Waals surface area contributed by atoms with Gasteiger partial charge in [-0.3, -0.25) is 14.9 Å². The number of fused-ring (bicyclic) bond motifs is 1. The first-order chi connectivity index (χ1) is 10.6. The summed E-state index contributed by atoms with van der Waals surface area (Å²) >= 11 is 0. The first-order valence-corrected chi connectivity index (χ1v) is 6.85. The van der Waals surface area contributed by atoms with Crippen molar-refractivity contribution in [1.29, 1.82) is 0 Å². The van der Waals surface area contributed by atoms with Gasteiger partial charge in [0.15, 0.2) is 5.82 Å². The van der Waals surface area contributed by atoms with Gasteiger partial charge >= 0.3 is 5.97 Å². The standard InChI is InChI=1S/C14H14N4O4/c1-22-14(19)10-5-6-17-12(8-10)15-13(16-17)9-3-2-4-11(7-9)18(20)21/h2-4,7,10H,5-6,8H2,1H3. The number of esters is 1. The third-order valence-electron chi connectivity index (χ3n) is 3.72. The molecule has 1 atom stereocenters. The van der Waals surface area contributed by atoms with Gasteiger partial charge in [-0.1, -0.05) is 12.1 Å². The molecule has 1 aromatic carbocycles. The highest BCUT2D eigenvalue weighted by Gasteiger charge is 2.28. The Morgan fingerprint density at radius 1 is 1.50 bits per heavy atom. The maximum atomic E-state index is 11.6. The van der Waals surface area contributed by atoms with Crippen LogP contribution in [-0.2, 0) is 22.5 Å². The zero-order valence-corrected chi connectivity index (χ0v) is 11.9. The summed E-state index contributed by atoms with van der Waals surface area (Å²) < 4.78 is 6.51. The molecule has 8 nitrogen and oxygen atoms in total. The number of rotatable bonds is 3. The Hall–Kier alpha value is -2.77. The average molecular weight is 302 g/mol. The number of aryl methyl sites for hydroxylation is 1. The average Bonchev–Trinajstić information content (AvgIpc) is 2.97. The van der Waals surface area contributed by atoms with Gasteiger partial charge in [0.05, 0.1) is 18.0 Å². The smallest absolute Gasteiger partial charge is 0.309 e. The lowest BCUT2D eigenvalue weighted by atomic mass is 9.98. The molecule has 0 radical (unpaired) electrons. The van der Waals surface area contributed by atoms with E-state index in [1.807, 2.05) is 0 Å². The molecule has 0 saturated carbocycles. The van der Waals surface area contributed by atoms with E-state index in [1.54, 1.807) is 16.8 Å². The highest BCUT2D eigenvalue weighted by Crippen LogP contribution is 2.25. The number of nitro groups is 1. The molecule has 0 aliphatic carbocycles. The second kappa shape index (κ2) is 5.55. The minimum Gasteiger partial charge on any atom is -0.469 e. The van der Waals surface area contributed by atoms with Crippen LogP contribution in [0.5, 0.6) is 0 Å². The fraction of sp³-hybridized carbons (Fsp3) is 0.357. The number of carbonyl (C=O) groups is 1. The molecule has 0 saturated heterocycles. The number of hydrogen-bond donors (Lipinski definition) is 0. The van der Waals surface area contributed by atoms with Gasteiger partial charge in [-0.05, 0) is 6.42 Å². The van der Waals surface area contributed by atoms with Crippen LogP contribution in [0, 0.1) is 16.0 Å². The van der Waals surface area contributed by atoms with E-state index in [1.165, 1.54) is 19.2 Å². The Morgan fingerprint density at radius 2 is 2.32 bits per heavy atom. The van der Waals surface area contributed by atoms with Crippen LogP contribution in [0.25, 0.3) is 11.4 Å². The van der Waals surface area contributed by atoms with Gasteiger partial charge in [0.2, 0.25) is 0 Å². The monoisotopic (exact) mass is 302 g/mol. The Balaban J connectivity index is 1.89. The molecule has 22 heavy (non-hydrogen) atoms. The number of ether oxygens (including phenoxy) is 1. The Labute approximate surface area is 125 Å². The normalized spacial score (nSPS) is 16.9. The van der Waals surface area contributed by atoms with E-state index in [0.29, 0.717) is 36.6 Å². The molecular formula is C14H14N4O4. The molecular weight excluding hydrogens is 288 g/mol. The van der Waals surface area contributed by atoms with Gasteiger partial charge in [-0.15, -0.1) is 0 Å². The number of hydrogen-bond acceptors (Lipinski definition) is 6. The van der Waals surface area contributed by atoms with Crippen molar-refractivity contribution in [2.24, 2.45) is 5.92 Å². The number of benzene rings is 1. The van der Waals surface area contributed by atoms with Crippen molar-refractivity contribution in [2.75, 3.05) is 7.11 Å². The van der Waals surface area contributed by atoms with Crippen LogP contribution in [0.15, 0.2) is 24.3 Å². The van der Waals surface area contributed by atoms with Crippen LogP contribution in [0.4, 0.5) is 5.69 Å². The summed E-state index contributed by atoms with van der Waals surface area (Å²) in [5.41, 5.74) is 0.587. The van der Waals surface area contributed by atoms with Gasteiger partial charge in [-0.2, -0.15) is 5.10 Å². The Kier molecular flexibility index (Phi) is 3.58. The van der Waals surface area contributed by atoms with E-state index >= 15 is 0 Å². The lowest BCUT2D eigenvalue weighted by molar-refractivity contribution is -0.384. The summed E-state index contributed by atoms with van der Waals surface area (Å²) in [5, 5.41) is 15.2. The summed E-state index contributed by atoms with van der Waals surface area (Å²) in [6.07, 6.45) is 1.12. The number of carbonyl (C=O) groups excluding carboxylic acids is 1. The summed E-state index contributed by atoms with van der Waals surface area (Å²) in [6, 6.07) is 6.20. The lowest BCUT2D eigenvalue weighted by Gasteiger charge is -2.19. The van der Waals surface area contributed by atoms with E-state index in [0.717, 1.165) is 0 Å². The first kappa shape index (κ1) is 14.2. The SMILES string of the molecule is COC(=O)C1CCn2nc(-c3cccc([N+](=O)[O-])c3)nc2C1. The number of nitro benzene ring substituents is 1. The molecule has 0 fully saturated rings. The molecule has 0 amide bonds. The van der Waals surface area contributed by atoms with Gasteiger partial charge in [-0.25, -0.2) is 9.67 Å². The van der Waals surface area contributed by atoms with Crippen molar-refractivity contribution in [2.45, 2.75) is 19.4 Å². The number of non-ortho nitro benzene ring substituents is 1. The molecule has 2 heterocycles. The topological polar surface area (TPSA) is 100 Å². The summed E-state index contributed by atoms with van der Waals surface area (Å²) in [7, 11) is 1.37. The van der Waals surface area contributed by atoms with Crippen LogP contribution in [0.1, 0.15) is 12.2 Å². The van der Waals surface area contributed by atoms with E-state index in [-0.39, 0.29) is 17.6 Å². The van der Waals surface area contributed by atoms with E-state index in [9.17, 15) is 14.9 Å². The number of methoxy groups -OCH3 is 1. The second-order valence-corrected chi connectivity index (χ2v) is 5.10. The minimum absolute atomic E-state index is 0.00212. The van der Waals surface area contributed by atoms with Gasteiger partial charge in [0.1, 0.15) is 5.82 Å². The van der Waals surface area contributed by atoms with Crippen molar-refractivity contribution >= 4 is 11.7 Å². The first-order valence-electron chi connectivity index (χ1n) is 6.85.